The van der Waals surface area contributed by atoms with Crippen LogP contribution in [0.15, 0.2) is 23.5 Å². The molecule has 1 aromatic rings. The molecule has 1 N–H and O–H groups in total. The number of carbonyl (C=O) groups is 1. The average Bonchev–Trinajstić information content (AvgIpc) is 2.40. The predicted molar refractivity (Wildman–Crippen MR) is 63.5 cm³/mol. The zero-order valence-corrected chi connectivity index (χ0v) is 9.36. The number of carbonyl (C=O) groups excluding carboxylic acids is 1. The number of rotatable bonds is 3. The maximum atomic E-state index is 10.6. The third-order valence-electron chi connectivity index (χ3n) is 2.76. The van der Waals surface area contributed by atoms with Crippen molar-refractivity contribution in [1.29, 1.82) is 0 Å². The fourth-order valence-electron chi connectivity index (χ4n) is 1.78. The topological polar surface area (TPSA) is 69.0 Å². The van der Waals surface area contributed by atoms with Gasteiger partial charge >= 0.3 is 0 Å². The zero-order chi connectivity index (χ0) is 12.1. The molecule has 0 saturated carbocycles. The van der Waals surface area contributed by atoms with Crippen molar-refractivity contribution in [1.82, 2.24) is 9.88 Å². The third-order valence-corrected chi connectivity index (χ3v) is 2.76. The molecule has 1 aliphatic heterocycles. The van der Waals surface area contributed by atoms with E-state index in [4.69, 9.17) is 5.21 Å². The number of hydrogen-bond acceptors (Lipinski definition) is 5. The molecule has 1 aromatic heterocycles. The molecule has 0 unspecified atom stereocenters. The lowest BCUT2D eigenvalue weighted by atomic mass is 10.2. The van der Waals surface area contributed by atoms with E-state index in [0.717, 1.165) is 44.0 Å². The van der Waals surface area contributed by atoms with Gasteiger partial charge in [-0.1, -0.05) is 5.16 Å². The number of aromatic nitrogens is 1. The summed E-state index contributed by atoms with van der Waals surface area (Å²) in [6.45, 7) is 3.04. The number of pyridine rings is 1. The van der Waals surface area contributed by atoms with Crippen molar-refractivity contribution in [3.05, 3.63) is 23.9 Å². The molecule has 1 saturated heterocycles. The molecule has 0 aromatic carbocycles. The summed E-state index contributed by atoms with van der Waals surface area (Å²) in [7, 11) is 0. The van der Waals surface area contributed by atoms with E-state index in [2.05, 4.69) is 15.0 Å². The van der Waals surface area contributed by atoms with E-state index >= 15 is 0 Å². The zero-order valence-electron chi connectivity index (χ0n) is 9.36. The van der Waals surface area contributed by atoms with Crippen molar-refractivity contribution in [3.63, 3.8) is 0 Å². The van der Waals surface area contributed by atoms with Crippen LogP contribution in [0.4, 0.5) is 5.82 Å². The maximum absolute atomic E-state index is 10.6. The first-order valence-electron chi connectivity index (χ1n) is 5.41. The SMILES string of the molecule is O=CN1CCN(c2ccc(/C=N\O)cn2)CC1. The summed E-state index contributed by atoms with van der Waals surface area (Å²) < 4.78 is 0. The first-order valence-corrected chi connectivity index (χ1v) is 5.41. The Morgan fingerprint density at radius 1 is 1.29 bits per heavy atom. The van der Waals surface area contributed by atoms with Crippen molar-refractivity contribution >= 4 is 18.4 Å². The van der Waals surface area contributed by atoms with Crippen LogP contribution in [0, 0.1) is 0 Å². The van der Waals surface area contributed by atoms with Crippen molar-refractivity contribution in [2.24, 2.45) is 5.16 Å². The van der Waals surface area contributed by atoms with Gasteiger partial charge in [0.2, 0.25) is 6.41 Å². The van der Waals surface area contributed by atoms with Gasteiger partial charge in [0.15, 0.2) is 0 Å². The van der Waals surface area contributed by atoms with Crippen LogP contribution in [-0.4, -0.2) is 53.9 Å². The fraction of sp³-hybridized carbons (Fsp3) is 0.364. The van der Waals surface area contributed by atoms with Gasteiger partial charge in [-0.2, -0.15) is 0 Å². The summed E-state index contributed by atoms with van der Waals surface area (Å²) in [5, 5.41) is 11.3. The Labute approximate surface area is 99.2 Å². The molecule has 0 aliphatic carbocycles. The van der Waals surface area contributed by atoms with Crippen molar-refractivity contribution in [2.45, 2.75) is 0 Å². The molecule has 0 atom stereocenters. The van der Waals surface area contributed by atoms with Crippen molar-refractivity contribution in [2.75, 3.05) is 31.1 Å². The Bertz CT molecular complexity index is 396. The van der Waals surface area contributed by atoms with Crippen molar-refractivity contribution in [3.8, 4) is 0 Å². The molecular weight excluding hydrogens is 220 g/mol. The molecule has 1 aliphatic rings. The molecule has 0 bridgehead atoms. The average molecular weight is 234 g/mol. The highest BCUT2D eigenvalue weighted by atomic mass is 16.4. The van der Waals surface area contributed by atoms with Crippen LogP contribution in [0.3, 0.4) is 0 Å². The second-order valence-corrected chi connectivity index (χ2v) is 3.82. The van der Waals surface area contributed by atoms with Crippen LogP contribution in [0.1, 0.15) is 5.56 Å². The number of anilines is 1. The Hall–Kier alpha value is -2.11. The minimum Gasteiger partial charge on any atom is -0.411 e. The number of oxime groups is 1. The normalized spacial score (nSPS) is 16.5. The highest BCUT2D eigenvalue weighted by Crippen LogP contribution is 2.12. The van der Waals surface area contributed by atoms with Gasteiger partial charge < -0.3 is 15.0 Å². The lowest BCUT2D eigenvalue weighted by Crippen LogP contribution is -2.46. The van der Waals surface area contributed by atoms with Gasteiger partial charge in [0.1, 0.15) is 5.82 Å². The minimum absolute atomic E-state index is 0.727. The molecule has 1 fully saturated rings. The van der Waals surface area contributed by atoms with Gasteiger partial charge in [0, 0.05) is 37.9 Å². The fourth-order valence-corrected chi connectivity index (χ4v) is 1.78. The maximum Gasteiger partial charge on any atom is 0.209 e. The van der Waals surface area contributed by atoms with E-state index in [1.807, 2.05) is 12.1 Å². The van der Waals surface area contributed by atoms with E-state index in [0.29, 0.717) is 0 Å². The minimum atomic E-state index is 0.727. The van der Waals surface area contributed by atoms with E-state index in [-0.39, 0.29) is 0 Å². The molecule has 0 radical (unpaired) electrons. The standard InChI is InChI=1S/C11H14N4O2/c16-9-14-3-5-15(6-4-14)11-2-1-10(7-12-11)8-13-17/h1-2,7-9,17H,3-6H2/b13-8-. The summed E-state index contributed by atoms with van der Waals surface area (Å²) in [5.41, 5.74) is 0.753. The lowest BCUT2D eigenvalue weighted by molar-refractivity contribution is -0.118. The molecule has 6 nitrogen and oxygen atoms in total. The predicted octanol–water partition coefficient (Wildman–Crippen LogP) is 0.168. The highest BCUT2D eigenvalue weighted by molar-refractivity contribution is 5.78. The Kier molecular flexibility index (Phi) is 3.54. The summed E-state index contributed by atoms with van der Waals surface area (Å²) in [6.07, 6.45) is 3.87. The lowest BCUT2D eigenvalue weighted by Gasteiger charge is -2.33. The first kappa shape index (κ1) is 11.4. The summed E-state index contributed by atoms with van der Waals surface area (Å²) >= 11 is 0. The summed E-state index contributed by atoms with van der Waals surface area (Å²) in [5.74, 6) is 0.880. The first-order chi connectivity index (χ1) is 8.33. The largest absolute Gasteiger partial charge is 0.411 e. The molecule has 17 heavy (non-hydrogen) atoms. The van der Waals surface area contributed by atoms with Gasteiger partial charge in [-0.15, -0.1) is 0 Å². The quantitative estimate of drug-likeness (QED) is 0.350. The molecule has 6 heteroatoms. The number of amides is 1. The van der Waals surface area contributed by atoms with E-state index in [1.54, 1.807) is 11.1 Å². The van der Waals surface area contributed by atoms with Crippen LogP contribution in [0.2, 0.25) is 0 Å². The van der Waals surface area contributed by atoms with Crippen molar-refractivity contribution < 1.29 is 10.0 Å². The molecule has 0 spiro atoms. The van der Waals surface area contributed by atoms with Gasteiger partial charge in [-0.05, 0) is 12.1 Å². The molecule has 2 heterocycles. The van der Waals surface area contributed by atoms with E-state index in [1.165, 1.54) is 6.21 Å². The number of piperazine rings is 1. The molecular formula is C11H14N4O2. The monoisotopic (exact) mass is 234 g/mol. The van der Waals surface area contributed by atoms with Crippen LogP contribution in [0.25, 0.3) is 0 Å². The summed E-state index contributed by atoms with van der Waals surface area (Å²) in [4.78, 5) is 18.7. The van der Waals surface area contributed by atoms with Gasteiger partial charge in [0.05, 0.1) is 6.21 Å². The third kappa shape index (κ3) is 2.72. The van der Waals surface area contributed by atoms with E-state index < -0.39 is 0 Å². The molecule has 1 amide bonds. The van der Waals surface area contributed by atoms with Crippen LogP contribution >= 0.6 is 0 Å². The number of hydrogen-bond donors (Lipinski definition) is 1. The second kappa shape index (κ2) is 5.29. The van der Waals surface area contributed by atoms with Gasteiger partial charge in [-0.25, -0.2) is 4.98 Å². The van der Waals surface area contributed by atoms with E-state index in [9.17, 15) is 4.79 Å². The number of nitrogens with zero attached hydrogens (tertiary/aromatic N) is 4. The molecule has 90 valence electrons. The smallest absolute Gasteiger partial charge is 0.209 e. The Balaban J connectivity index is 2.01. The van der Waals surface area contributed by atoms with Gasteiger partial charge in [0.25, 0.3) is 0 Å². The van der Waals surface area contributed by atoms with Crippen LogP contribution in [-0.2, 0) is 4.79 Å². The highest BCUT2D eigenvalue weighted by Gasteiger charge is 2.16. The van der Waals surface area contributed by atoms with Crippen LogP contribution < -0.4 is 4.90 Å². The Morgan fingerprint density at radius 3 is 2.59 bits per heavy atom. The van der Waals surface area contributed by atoms with Crippen LogP contribution in [0.5, 0.6) is 0 Å². The second-order valence-electron chi connectivity index (χ2n) is 3.82. The summed E-state index contributed by atoms with van der Waals surface area (Å²) in [6, 6.07) is 3.72. The Morgan fingerprint density at radius 2 is 2.06 bits per heavy atom. The molecule has 2 rings (SSSR count). The van der Waals surface area contributed by atoms with Gasteiger partial charge in [-0.3, -0.25) is 4.79 Å².